The van der Waals surface area contributed by atoms with E-state index in [1.54, 1.807) is 0 Å². The van der Waals surface area contributed by atoms with Gasteiger partial charge in [0.15, 0.2) is 0 Å². The molecule has 8 heteroatoms. The molecular weight excluding hydrogens is 717 g/mol. The van der Waals surface area contributed by atoms with Crippen LogP contribution in [0.4, 0.5) is 0 Å². The lowest BCUT2D eigenvalue weighted by Crippen LogP contribution is -2.13. The van der Waals surface area contributed by atoms with Crippen LogP contribution in [-0.4, -0.2) is 70.7 Å². The Hall–Kier alpha value is 0.140. The lowest BCUT2D eigenvalue weighted by molar-refractivity contribution is 0.302. The highest BCUT2D eigenvalue weighted by Crippen LogP contribution is 2.44. The van der Waals surface area contributed by atoms with Crippen molar-refractivity contribution in [3.05, 3.63) is 57.6 Å². The maximum Gasteiger partial charge on any atom is 0.126 e. The molecule has 0 unspecified atom stereocenters. The fourth-order valence-electron chi connectivity index (χ4n) is 7.45. The van der Waals surface area contributed by atoms with Crippen LogP contribution in [0.5, 0.6) is 11.5 Å². The highest BCUT2D eigenvalue weighted by atomic mass is 32.2. The zero-order valence-corrected chi connectivity index (χ0v) is 35.5. The molecule has 0 heterocycles. The third-order valence-electron chi connectivity index (χ3n) is 9.72. The first-order valence-electron chi connectivity index (χ1n) is 19.2. The summed E-state index contributed by atoms with van der Waals surface area (Å²) < 4.78 is 13.8. The van der Waals surface area contributed by atoms with Gasteiger partial charge >= 0.3 is 0 Å². The largest absolute Gasteiger partial charge is 0.493 e. The van der Waals surface area contributed by atoms with Crippen molar-refractivity contribution in [1.29, 1.82) is 0 Å². The summed E-state index contributed by atoms with van der Waals surface area (Å²) in [5, 5.41) is 0. The van der Waals surface area contributed by atoms with Crippen LogP contribution >= 0.6 is 72.3 Å². The minimum absolute atomic E-state index is 0.612. The van der Waals surface area contributed by atoms with Crippen LogP contribution in [0.1, 0.15) is 122 Å². The Labute approximate surface area is 328 Å². The molecule has 0 radical (unpaired) electrons. The van der Waals surface area contributed by atoms with Gasteiger partial charge < -0.3 is 9.47 Å². The second kappa shape index (κ2) is 25.2. The first-order valence-corrected chi connectivity index (χ1v) is 25.0. The summed E-state index contributed by atoms with van der Waals surface area (Å²) >= 11 is 16.8. The van der Waals surface area contributed by atoms with Crippen molar-refractivity contribution in [3.8, 4) is 11.5 Å². The molecule has 2 aliphatic rings. The first-order chi connectivity index (χ1) is 24.1. The second-order valence-corrected chi connectivity index (χ2v) is 19.6. The lowest BCUT2D eigenvalue weighted by atomic mass is 9.80. The van der Waals surface area contributed by atoms with Gasteiger partial charge in [-0.25, -0.2) is 0 Å². The Morgan fingerprint density at radius 1 is 0.531 bits per heavy atom. The van der Waals surface area contributed by atoms with E-state index in [0.717, 1.165) is 67.0 Å². The summed E-state index contributed by atoms with van der Waals surface area (Å²) in [6.07, 6.45) is 16.3. The molecular formula is C41H64O2S6. The smallest absolute Gasteiger partial charge is 0.126 e. The molecule has 2 aromatic rings. The molecule has 0 spiro atoms. The van der Waals surface area contributed by atoms with E-state index in [0.29, 0.717) is 11.8 Å². The molecule has 2 fully saturated rings. The van der Waals surface area contributed by atoms with Gasteiger partial charge in [0.2, 0.25) is 0 Å². The van der Waals surface area contributed by atoms with Crippen molar-refractivity contribution in [3.63, 3.8) is 0 Å². The number of ether oxygens (including phenoxy) is 2. The molecule has 2 saturated carbocycles. The number of aryl methyl sites for hydroxylation is 2. The van der Waals surface area contributed by atoms with Crippen molar-refractivity contribution in [2.75, 3.05) is 70.7 Å². The van der Waals surface area contributed by atoms with Gasteiger partial charge in [0.05, 0.1) is 13.2 Å². The van der Waals surface area contributed by atoms with Crippen LogP contribution < -0.4 is 9.47 Å². The predicted molar refractivity (Wildman–Crippen MR) is 234 cm³/mol. The number of rotatable bonds is 24. The molecule has 0 atom stereocenters. The standard InChI is InChI=1S/C41H64O2S6/c1-32-27-36(40(38(29-32)34-11-5-3-6-12-34)42-15-9-19-46-23-25-48-21-17-44)31-37-28-33(2)30-39(35-13-7-4-8-14-35)41(37)43-16-10-20-47-24-26-49-22-18-45/h27-30,34-35,44-45H,3-26,31H2,1-2H3. The van der Waals surface area contributed by atoms with E-state index in [9.17, 15) is 0 Å². The van der Waals surface area contributed by atoms with E-state index in [1.807, 2.05) is 23.5 Å². The van der Waals surface area contributed by atoms with E-state index in [-0.39, 0.29) is 0 Å². The van der Waals surface area contributed by atoms with Crippen molar-refractivity contribution >= 4 is 72.3 Å². The van der Waals surface area contributed by atoms with Gasteiger partial charge in [-0.2, -0.15) is 72.3 Å². The average molecular weight is 781 g/mol. The Balaban J connectivity index is 1.53. The van der Waals surface area contributed by atoms with Crippen LogP contribution in [0.25, 0.3) is 0 Å². The first kappa shape index (κ1) is 41.9. The minimum Gasteiger partial charge on any atom is -0.493 e. The van der Waals surface area contributed by atoms with Gasteiger partial charge in [0, 0.05) is 40.9 Å². The predicted octanol–water partition coefficient (Wildman–Crippen LogP) is 12.3. The van der Waals surface area contributed by atoms with E-state index < -0.39 is 0 Å². The van der Waals surface area contributed by atoms with Crippen LogP contribution in [0.15, 0.2) is 24.3 Å². The molecule has 0 bridgehead atoms. The van der Waals surface area contributed by atoms with E-state index in [2.05, 4.69) is 86.9 Å². The van der Waals surface area contributed by atoms with Crippen molar-refractivity contribution < 1.29 is 9.47 Å². The summed E-state index contributed by atoms with van der Waals surface area (Å²) in [5.41, 5.74) is 8.38. The fraction of sp³-hybridized carbons (Fsp3) is 0.707. The maximum atomic E-state index is 6.89. The molecule has 4 rings (SSSR count). The monoisotopic (exact) mass is 780 g/mol. The van der Waals surface area contributed by atoms with Gasteiger partial charge in [0.25, 0.3) is 0 Å². The zero-order chi connectivity index (χ0) is 34.5. The van der Waals surface area contributed by atoms with Gasteiger partial charge in [-0.1, -0.05) is 73.9 Å². The summed E-state index contributed by atoms with van der Waals surface area (Å²) in [7, 11) is 0. The van der Waals surface area contributed by atoms with E-state index in [1.165, 1.54) is 132 Å². The van der Waals surface area contributed by atoms with Crippen LogP contribution in [0.3, 0.4) is 0 Å². The molecule has 49 heavy (non-hydrogen) atoms. The van der Waals surface area contributed by atoms with Crippen LogP contribution in [-0.2, 0) is 6.42 Å². The molecule has 2 aliphatic carbocycles. The molecule has 2 aromatic carbocycles. The molecule has 0 N–H and O–H groups in total. The molecule has 0 aromatic heterocycles. The fourth-order valence-corrected chi connectivity index (χ4v) is 11.8. The van der Waals surface area contributed by atoms with E-state index >= 15 is 0 Å². The molecule has 0 saturated heterocycles. The van der Waals surface area contributed by atoms with Crippen molar-refractivity contribution in [2.45, 2.75) is 109 Å². The zero-order valence-electron chi connectivity index (χ0n) is 30.5. The summed E-state index contributed by atoms with van der Waals surface area (Å²) in [6, 6.07) is 9.75. The van der Waals surface area contributed by atoms with Gasteiger partial charge in [0.1, 0.15) is 11.5 Å². The normalized spacial score (nSPS) is 15.9. The van der Waals surface area contributed by atoms with E-state index in [4.69, 9.17) is 9.47 Å². The van der Waals surface area contributed by atoms with Crippen molar-refractivity contribution in [2.24, 2.45) is 0 Å². The maximum absolute atomic E-state index is 6.89. The Morgan fingerprint density at radius 3 is 1.31 bits per heavy atom. The highest BCUT2D eigenvalue weighted by Gasteiger charge is 2.25. The molecule has 0 amide bonds. The van der Waals surface area contributed by atoms with Crippen molar-refractivity contribution in [1.82, 2.24) is 0 Å². The van der Waals surface area contributed by atoms with Gasteiger partial charge in [-0.15, -0.1) is 0 Å². The summed E-state index contributed by atoms with van der Waals surface area (Å²) in [4.78, 5) is 0. The third-order valence-corrected chi connectivity index (χ3v) is 15.4. The molecule has 276 valence electrons. The number of thiol groups is 2. The van der Waals surface area contributed by atoms with Crippen LogP contribution in [0.2, 0.25) is 0 Å². The Morgan fingerprint density at radius 2 is 0.918 bits per heavy atom. The second-order valence-electron chi connectivity index (χ2n) is 13.8. The lowest BCUT2D eigenvalue weighted by Gasteiger charge is -2.28. The van der Waals surface area contributed by atoms with Gasteiger partial charge in [-0.05, 0) is 109 Å². The Bertz CT molecular complexity index is 1100. The molecule has 2 nitrogen and oxygen atoms in total. The summed E-state index contributed by atoms with van der Waals surface area (Å²) in [6.45, 7) is 6.17. The average Bonchev–Trinajstić information content (AvgIpc) is 3.12. The molecule has 0 aliphatic heterocycles. The quantitative estimate of drug-likeness (QED) is 0.0810. The van der Waals surface area contributed by atoms with Gasteiger partial charge in [-0.3, -0.25) is 0 Å². The topological polar surface area (TPSA) is 18.5 Å². The Kier molecular flexibility index (Phi) is 21.6. The SMILES string of the molecule is Cc1cc(Cc2cc(C)cc(C3CCCCC3)c2OCCCSCCSCCS)c(OCCCSCCSCCS)c(C2CCCCC2)c1. The number of thioether (sulfide) groups is 4. The minimum atomic E-state index is 0.612. The number of hydrogen-bond donors (Lipinski definition) is 2. The third kappa shape index (κ3) is 15.2. The number of hydrogen-bond acceptors (Lipinski definition) is 8. The summed E-state index contributed by atoms with van der Waals surface area (Å²) in [5.74, 6) is 15.0. The van der Waals surface area contributed by atoms with Crippen LogP contribution in [0, 0.1) is 13.8 Å². The highest BCUT2D eigenvalue weighted by molar-refractivity contribution is 8.03. The number of benzene rings is 2.